The Bertz CT molecular complexity index is 984. The van der Waals surface area contributed by atoms with Crippen molar-refractivity contribution in [1.29, 1.82) is 0 Å². The van der Waals surface area contributed by atoms with Crippen molar-refractivity contribution in [1.82, 2.24) is 15.2 Å². The van der Waals surface area contributed by atoms with Crippen LogP contribution in [-0.2, 0) is 0 Å². The first-order chi connectivity index (χ1) is 11.3. The van der Waals surface area contributed by atoms with E-state index in [4.69, 9.17) is 8.83 Å². The summed E-state index contributed by atoms with van der Waals surface area (Å²) in [5, 5.41) is 7.98. The molecule has 0 atom stereocenters. The second kappa shape index (κ2) is 5.53. The molecule has 0 saturated carbocycles. The van der Waals surface area contributed by atoms with Gasteiger partial charge >= 0.3 is 5.89 Å². The number of hydrogen-bond acceptors (Lipinski definition) is 5. The van der Waals surface area contributed by atoms with Crippen LogP contribution < -0.4 is 0 Å². The highest BCUT2D eigenvalue weighted by molar-refractivity contribution is 5.75. The second-order valence-electron chi connectivity index (χ2n) is 5.18. The molecule has 4 aromatic rings. The van der Waals surface area contributed by atoms with Gasteiger partial charge in [0, 0.05) is 6.08 Å². The number of aryl methyl sites for hydroxylation is 1. The highest BCUT2D eigenvalue weighted by Crippen LogP contribution is 2.24. The normalized spacial score (nSPS) is 11.5. The predicted molar refractivity (Wildman–Crippen MR) is 87.4 cm³/mol. The van der Waals surface area contributed by atoms with Gasteiger partial charge in [0.15, 0.2) is 5.58 Å². The quantitative estimate of drug-likeness (QED) is 0.562. The lowest BCUT2D eigenvalue weighted by molar-refractivity contribution is 0.518. The van der Waals surface area contributed by atoms with Crippen molar-refractivity contribution in [3.63, 3.8) is 0 Å². The maximum Gasteiger partial charge on any atom is 0.304 e. The van der Waals surface area contributed by atoms with Crippen LogP contribution in [0.15, 0.2) is 57.4 Å². The molecule has 0 fully saturated rings. The van der Waals surface area contributed by atoms with Gasteiger partial charge in [0.25, 0.3) is 5.89 Å². The zero-order valence-electron chi connectivity index (χ0n) is 12.4. The molecule has 0 aliphatic heterocycles. The predicted octanol–water partition coefficient (Wildman–Crippen LogP) is 4.36. The molecule has 0 saturated heterocycles. The van der Waals surface area contributed by atoms with Gasteiger partial charge in [-0.25, -0.2) is 4.98 Å². The SMILES string of the molecule is Cc1ccc2oc(-c3nnc(/C=C\c4ccccc4)o3)nc2c1. The number of benzene rings is 2. The third-order valence-electron chi connectivity index (χ3n) is 3.38. The third-order valence-corrected chi connectivity index (χ3v) is 3.38. The first-order valence-electron chi connectivity index (χ1n) is 7.22. The molecular formula is C18H13N3O2. The van der Waals surface area contributed by atoms with E-state index in [-0.39, 0.29) is 5.89 Å². The van der Waals surface area contributed by atoms with Gasteiger partial charge in [-0.05, 0) is 36.3 Å². The van der Waals surface area contributed by atoms with E-state index >= 15 is 0 Å². The summed E-state index contributed by atoms with van der Waals surface area (Å²) in [4.78, 5) is 4.39. The van der Waals surface area contributed by atoms with Gasteiger partial charge in [-0.15, -0.1) is 10.2 Å². The Morgan fingerprint density at radius 2 is 1.74 bits per heavy atom. The van der Waals surface area contributed by atoms with Gasteiger partial charge < -0.3 is 8.83 Å². The van der Waals surface area contributed by atoms with Gasteiger partial charge in [-0.1, -0.05) is 36.4 Å². The average Bonchev–Trinajstić information content (AvgIpc) is 3.20. The van der Waals surface area contributed by atoms with Crippen LogP contribution in [0.2, 0.25) is 0 Å². The smallest absolute Gasteiger partial charge is 0.304 e. The summed E-state index contributed by atoms with van der Waals surface area (Å²) in [6.07, 6.45) is 3.67. The fraction of sp³-hybridized carbons (Fsp3) is 0.0556. The Morgan fingerprint density at radius 1 is 0.870 bits per heavy atom. The maximum absolute atomic E-state index is 5.65. The fourth-order valence-corrected chi connectivity index (χ4v) is 2.25. The number of rotatable bonds is 3. The number of fused-ring (bicyclic) bond motifs is 1. The minimum atomic E-state index is 0.270. The minimum Gasteiger partial charge on any atom is -0.432 e. The van der Waals surface area contributed by atoms with Crippen molar-refractivity contribution < 1.29 is 8.83 Å². The molecule has 0 amide bonds. The van der Waals surface area contributed by atoms with Gasteiger partial charge in [-0.3, -0.25) is 0 Å². The summed E-state index contributed by atoms with van der Waals surface area (Å²) in [6.45, 7) is 2.01. The van der Waals surface area contributed by atoms with Gasteiger partial charge in [0.05, 0.1) is 0 Å². The van der Waals surface area contributed by atoms with Crippen LogP contribution in [0.5, 0.6) is 0 Å². The first-order valence-corrected chi connectivity index (χ1v) is 7.22. The lowest BCUT2D eigenvalue weighted by Crippen LogP contribution is -1.76. The van der Waals surface area contributed by atoms with Crippen molar-refractivity contribution in [3.8, 4) is 11.8 Å². The monoisotopic (exact) mass is 303 g/mol. The first kappa shape index (κ1) is 13.5. The van der Waals surface area contributed by atoms with E-state index < -0.39 is 0 Å². The molecule has 0 spiro atoms. The molecule has 5 nitrogen and oxygen atoms in total. The molecule has 112 valence electrons. The molecule has 5 heteroatoms. The number of hydrogen-bond donors (Lipinski definition) is 0. The molecule has 4 rings (SSSR count). The summed E-state index contributed by atoms with van der Waals surface area (Å²) in [6, 6.07) is 15.7. The molecule has 0 aliphatic carbocycles. The number of oxazole rings is 1. The van der Waals surface area contributed by atoms with E-state index in [0.717, 1.165) is 16.6 Å². The van der Waals surface area contributed by atoms with Crippen molar-refractivity contribution in [2.75, 3.05) is 0 Å². The second-order valence-corrected chi connectivity index (χ2v) is 5.18. The zero-order chi connectivity index (χ0) is 15.6. The minimum absolute atomic E-state index is 0.270. The summed E-state index contributed by atoms with van der Waals surface area (Å²) < 4.78 is 11.2. The van der Waals surface area contributed by atoms with Gasteiger partial charge in [-0.2, -0.15) is 0 Å². The van der Waals surface area contributed by atoms with E-state index in [0.29, 0.717) is 17.4 Å². The molecule has 0 N–H and O–H groups in total. The van der Waals surface area contributed by atoms with Crippen molar-refractivity contribution in [2.24, 2.45) is 0 Å². The largest absolute Gasteiger partial charge is 0.432 e. The molecular weight excluding hydrogens is 290 g/mol. The summed E-state index contributed by atoms with van der Waals surface area (Å²) in [7, 11) is 0. The van der Waals surface area contributed by atoms with Crippen LogP contribution in [0.25, 0.3) is 35.0 Å². The van der Waals surface area contributed by atoms with Crippen molar-refractivity contribution in [3.05, 3.63) is 65.5 Å². The zero-order valence-corrected chi connectivity index (χ0v) is 12.4. The highest BCUT2D eigenvalue weighted by atomic mass is 16.4. The van der Waals surface area contributed by atoms with Crippen molar-refractivity contribution >= 4 is 23.3 Å². The van der Waals surface area contributed by atoms with Crippen LogP contribution in [0, 0.1) is 6.92 Å². The van der Waals surface area contributed by atoms with Crippen LogP contribution >= 0.6 is 0 Å². The number of aromatic nitrogens is 3. The Kier molecular flexibility index (Phi) is 3.24. The van der Waals surface area contributed by atoms with Crippen LogP contribution in [0.3, 0.4) is 0 Å². The molecule has 0 bridgehead atoms. The molecule has 23 heavy (non-hydrogen) atoms. The van der Waals surface area contributed by atoms with E-state index in [1.807, 2.05) is 61.5 Å². The molecule has 2 aromatic heterocycles. The topological polar surface area (TPSA) is 65.0 Å². The summed E-state index contributed by atoms with van der Waals surface area (Å²) >= 11 is 0. The molecule has 0 unspecified atom stereocenters. The maximum atomic E-state index is 5.65. The number of nitrogens with zero attached hydrogens (tertiary/aromatic N) is 3. The molecule has 0 aliphatic rings. The Labute approximate surface area is 132 Å². The highest BCUT2D eigenvalue weighted by Gasteiger charge is 2.14. The fourth-order valence-electron chi connectivity index (χ4n) is 2.25. The van der Waals surface area contributed by atoms with E-state index in [1.54, 1.807) is 6.08 Å². The standard InChI is InChI=1S/C18H13N3O2/c1-12-7-9-15-14(11-12)19-17(22-15)18-21-20-16(23-18)10-8-13-5-3-2-4-6-13/h2-11H,1H3/b10-8-. The Morgan fingerprint density at radius 3 is 2.61 bits per heavy atom. The van der Waals surface area contributed by atoms with Gasteiger partial charge in [0.1, 0.15) is 5.52 Å². The lowest BCUT2D eigenvalue weighted by Gasteiger charge is -1.88. The van der Waals surface area contributed by atoms with Crippen molar-refractivity contribution in [2.45, 2.75) is 6.92 Å². The average molecular weight is 303 g/mol. The Balaban J connectivity index is 1.62. The van der Waals surface area contributed by atoms with Crippen LogP contribution in [-0.4, -0.2) is 15.2 Å². The van der Waals surface area contributed by atoms with E-state index in [2.05, 4.69) is 15.2 Å². The van der Waals surface area contributed by atoms with Crippen LogP contribution in [0.1, 0.15) is 17.0 Å². The third kappa shape index (κ3) is 2.76. The van der Waals surface area contributed by atoms with E-state index in [9.17, 15) is 0 Å². The molecule has 2 heterocycles. The van der Waals surface area contributed by atoms with Crippen LogP contribution in [0.4, 0.5) is 0 Å². The van der Waals surface area contributed by atoms with E-state index in [1.165, 1.54) is 0 Å². The summed E-state index contributed by atoms with van der Waals surface area (Å²) in [5.74, 6) is 1.01. The lowest BCUT2D eigenvalue weighted by atomic mass is 10.2. The Hall–Kier alpha value is -3.21. The molecule has 2 aromatic carbocycles. The van der Waals surface area contributed by atoms with Gasteiger partial charge in [0.2, 0.25) is 5.89 Å². The molecule has 0 radical (unpaired) electrons. The summed E-state index contributed by atoms with van der Waals surface area (Å²) in [5.41, 5.74) is 3.66.